The minimum Gasteiger partial charge on any atom is -0.394 e. The van der Waals surface area contributed by atoms with Crippen LogP contribution in [0.4, 0.5) is 0 Å². The highest BCUT2D eigenvalue weighted by Crippen LogP contribution is 2.28. The summed E-state index contributed by atoms with van der Waals surface area (Å²) in [6.07, 6.45) is 34.4. The van der Waals surface area contributed by atoms with E-state index in [9.17, 15) is 25.5 Å². The first-order valence-corrected chi connectivity index (χ1v) is 18.4. The summed E-state index contributed by atoms with van der Waals surface area (Å²) < 4.78 is 11.4. The highest BCUT2D eigenvalue weighted by molar-refractivity contribution is 5.34. The normalized spacial score (nSPS) is 23.7. The predicted octanol–water partition coefficient (Wildman–Crippen LogP) is 8.71. The maximum absolute atomic E-state index is 10.3. The van der Waals surface area contributed by atoms with Crippen LogP contribution in [0.15, 0.2) is 154 Å². The van der Waals surface area contributed by atoms with Crippen LogP contribution in [-0.2, 0) is 9.47 Å². The molecule has 5 atom stereocenters. The Morgan fingerprint density at radius 1 is 0.585 bits per heavy atom. The van der Waals surface area contributed by atoms with Gasteiger partial charge in [-0.05, 0) is 87.1 Å². The van der Waals surface area contributed by atoms with Gasteiger partial charge in [0, 0.05) is 0 Å². The van der Waals surface area contributed by atoms with Crippen LogP contribution in [-0.4, -0.2) is 75.1 Å². The molecule has 0 amide bonds. The predicted molar refractivity (Wildman–Crippen MR) is 221 cm³/mol. The van der Waals surface area contributed by atoms with Crippen LogP contribution < -0.4 is 0 Å². The molecule has 5 N–H and O–H groups in total. The minimum absolute atomic E-state index is 0.0416. The second-order valence-corrected chi connectivity index (χ2v) is 14.4. The van der Waals surface area contributed by atoms with Gasteiger partial charge in [-0.15, -0.1) is 0 Å². The van der Waals surface area contributed by atoms with E-state index in [2.05, 4.69) is 76.3 Å². The van der Waals surface area contributed by atoms with Gasteiger partial charge in [-0.25, -0.2) is 0 Å². The van der Waals surface area contributed by atoms with E-state index in [1.807, 2.05) is 101 Å². The van der Waals surface area contributed by atoms with Crippen LogP contribution in [0.3, 0.4) is 0 Å². The topological polar surface area (TPSA) is 120 Å². The zero-order chi connectivity index (χ0) is 39.8. The molecule has 1 rings (SSSR count). The van der Waals surface area contributed by atoms with Crippen molar-refractivity contribution in [1.29, 1.82) is 0 Å². The van der Waals surface area contributed by atoms with Crippen LogP contribution in [0.25, 0.3) is 0 Å². The van der Waals surface area contributed by atoms with Crippen molar-refractivity contribution >= 4 is 0 Å². The standard InChI is InChI=1S/C46H66O7/c1-34(2)18-12-20-36(4)22-14-25-38(6)27-16-30-40(32-47)29-11-10-19-35(3)21-13-23-37(5)24-15-26-39(7)28-17-31-46(8,9)53-45-44(51)43(50)42(49)41(33-48)52-45/h10-16,18-27,29-30,41-45,47-51H,17,28,31-33H2,1-9H3. The molecule has 0 aromatic carbocycles. The summed E-state index contributed by atoms with van der Waals surface area (Å²) in [5.74, 6) is 0. The Bertz CT molecular complexity index is 1510. The lowest BCUT2D eigenvalue weighted by Gasteiger charge is -2.42. The minimum atomic E-state index is -1.46. The summed E-state index contributed by atoms with van der Waals surface area (Å²) in [7, 11) is 0. The average molecular weight is 731 g/mol. The molecule has 53 heavy (non-hydrogen) atoms. The van der Waals surface area contributed by atoms with Crippen molar-refractivity contribution in [2.24, 2.45) is 0 Å². The van der Waals surface area contributed by atoms with E-state index in [1.165, 1.54) is 16.7 Å². The Kier molecular flexibility index (Phi) is 23.4. The largest absolute Gasteiger partial charge is 0.394 e. The van der Waals surface area contributed by atoms with E-state index in [0.29, 0.717) is 6.42 Å². The van der Waals surface area contributed by atoms with Gasteiger partial charge in [-0.3, -0.25) is 0 Å². The van der Waals surface area contributed by atoms with E-state index in [4.69, 9.17) is 9.47 Å². The third-order valence-corrected chi connectivity index (χ3v) is 8.23. The lowest BCUT2D eigenvalue weighted by Crippen LogP contribution is -2.60. The van der Waals surface area contributed by atoms with Gasteiger partial charge in [0.25, 0.3) is 0 Å². The fourth-order valence-electron chi connectivity index (χ4n) is 4.97. The molecule has 0 aromatic heterocycles. The summed E-state index contributed by atoms with van der Waals surface area (Å²) >= 11 is 0. The Balaban J connectivity index is 2.57. The second-order valence-electron chi connectivity index (χ2n) is 14.4. The summed E-state index contributed by atoms with van der Waals surface area (Å²) in [6, 6.07) is 0. The third kappa shape index (κ3) is 21.6. The molecule has 1 heterocycles. The quantitative estimate of drug-likeness (QED) is 0.0796. The number of rotatable bonds is 20. The maximum Gasteiger partial charge on any atom is 0.187 e. The molecule has 0 bridgehead atoms. The third-order valence-electron chi connectivity index (χ3n) is 8.23. The molecule has 1 saturated heterocycles. The molecule has 0 spiro atoms. The monoisotopic (exact) mass is 730 g/mol. The second kappa shape index (κ2) is 26.2. The lowest BCUT2D eigenvalue weighted by atomic mass is 9.96. The average Bonchev–Trinajstić information content (AvgIpc) is 3.09. The summed E-state index contributed by atoms with van der Waals surface area (Å²) in [6.45, 7) is 17.7. The highest BCUT2D eigenvalue weighted by atomic mass is 16.7. The first kappa shape index (κ1) is 47.4. The Morgan fingerprint density at radius 2 is 1.06 bits per heavy atom. The molecule has 1 aliphatic rings. The van der Waals surface area contributed by atoms with Crippen molar-refractivity contribution in [3.63, 3.8) is 0 Å². The molecule has 292 valence electrons. The maximum atomic E-state index is 10.3. The van der Waals surface area contributed by atoms with Gasteiger partial charge >= 0.3 is 0 Å². The Labute approximate surface area is 319 Å². The molecule has 0 radical (unpaired) electrons. The van der Waals surface area contributed by atoms with E-state index in [0.717, 1.165) is 35.1 Å². The molecule has 1 fully saturated rings. The smallest absolute Gasteiger partial charge is 0.187 e. The van der Waals surface area contributed by atoms with Crippen molar-refractivity contribution in [2.75, 3.05) is 13.2 Å². The number of aliphatic hydroxyl groups is 5. The fourth-order valence-corrected chi connectivity index (χ4v) is 4.97. The molecule has 7 heteroatoms. The van der Waals surface area contributed by atoms with Crippen LogP contribution in [0.2, 0.25) is 0 Å². The summed E-state index contributed by atoms with van der Waals surface area (Å²) in [5, 5.41) is 49.4. The van der Waals surface area contributed by atoms with Crippen LogP contribution in [0.5, 0.6) is 0 Å². The van der Waals surface area contributed by atoms with Gasteiger partial charge in [-0.1, -0.05) is 149 Å². The first-order chi connectivity index (χ1) is 25.1. The van der Waals surface area contributed by atoms with Crippen molar-refractivity contribution < 1.29 is 35.0 Å². The van der Waals surface area contributed by atoms with E-state index >= 15 is 0 Å². The van der Waals surface area contributed by atoms with Gasteiger partial charge in [0.15, 0.2) is 6.29 Å². The Morgan fingerprint density at radius 3 is 1.57 bits per heavy atom. The summed E-state index contributed by atoms with van der Waals surface area (Å²) in [4.78, 5) is 0. The van der Waals surface area contributed by atoms with Gasteiger partial charge in [-0.2, -0.15) is 0 Å². The Hall–Kier alpha value is -3.66. The fraction of sp³-hybridized carbons (Fsp3) is 0.435. The number of hydrogen-bond acceptors (Lipinski definition) is 7. The van der Waals surface area contributed by atoms with Crippen molar-refractivity contribution in [2.45, 2.75) is 118 Å². The highest BCUT2D eigenvalue weighted by Gasteiger charge is 2.45. The molecule has 0 aromatic rings. The summed E-state index contributed by atoms with van der Waals surface area (Å²) in [5.41, 5.74) is 7.16. The van der Waals surface area contributed by atoms with Crippen LogP contribution >= 0.6 is 0 Å². The lowest BCUT2D eigenvalue weighted by molar-refractivity contribution is -0.323. The zero-order valence-corrected chi connectivity index (χ0v) is 33.4. The SMILES string of the molecule is CC(C)=CC=CC(C)=CC=CC(C)=CC=CC(=CC=CC=C(C)C=CC=C(C)C=CC=C(C)CCCC(C)(C)OC1OC(CO)C(O)C(O)C1O)CO. The van der Waals surface area contributed by atoms with Crippen molar-refractivity contribution in [1.82, 2.24) is 0 Å². The van der Waals surface area contributed by atoms with E-state index in [1.54, 1.807) is 0 Å². The van der Waals surface area contributed by atoms with Gasteiger partial charge in [0.05, 0.1) is 18.8 Å². The number of hydrogen-bond donors (Lipinski definition) is 5. The van der Waals surface area contributed by atoms with Crippen molar-refractivity contribution in [3.05, 3.63) is 154 Å². The number of ether oxygens (including phenoxy) is 2. The van der Waals surface area contributed by atoms with Crippen LogP contribution in [0.1, 0.15) is 81.6 Å². The number of allylic oxidation sites excluding steroid dienone is 24. The molecular formula is C46H66O7. The molecule has 5 unspecified atom stereocenters. The molecule has 0 saturated carbocycles. The molecule has 1 aliphatic heterocycles. The number of aliphatic hydroxyl groups excluding tert-OH is 5. The van der Waals surface area contributed by atoms with Gasteiger partial charge in [0.2, 0.25) is 0 Å². The van der Waals surface area contributed by atoms with E-state index in [-0.39, 0.29) is 6.61 Å². The zero-order valence-electron chi connectivity index (χ0n) is 33.4. The van der Waals surface area contributed by atoms with Gasteiger partial charge < -0.3 is 35.0 Å². The van der Waals surface area contributed by atoms with E-state index < -0.39 is 42.9 Å². The van der Waals surface area contributed by atoms with Crippen molar-refractivity contribution in [3.8, 4) is 0 Å². The van der Waals surface area contributed by atoms with Gasteiger partial charge in [0.1, 0.15) is 24.4 Å². The molecular weight excluding hydrogens is 664 g/mol. The molecule has 7 nitrogen and oxygen atoms in total. The molecule has 0 aliphatic carbocycles. The van der Waals surface area contributed by atoms with Crippen LogP contribution in [0, 0.1) is 0 Å². The first-order valence-electron chi connectivity index (χ1n) is 18.4.